The number of carbonyl (C=O) groups excluding carboxylic acids is 1. The van der Waals surface area contributed by atoms with Gasteiger partial charge >= 0.3 is 6.03 Å². The summed E-state index contributed by atoms with van der Waals surface area (Å²) in [5.74, 6) is 0.261. The van der Waals surface area contributed by atoms with E-state index in [1.807, 2.05) is 0 Å². The molecule has 0 saturated heterocycles. The van der Waals surface area contributed by atoms with E-state index in [1.165, 1.54) is 23.1 Å². The highest BCUT2D eigenvalue weighted by atomic mass is 19.1. The van der Waals surface area contributed by atoms with Crippen LogP contribution < -0.4 is 15.0 Å². The van der Waals surface area contributed by atoms with Gasteiger partial charge in [-0.2, -0.15) is 4.98 Å². The number of hydrogen-bond acceptors (Lipinski definition) is 5. The van der Waals surface area contributed by atoms with Gasteiger partial charge in [0.05, 0.1) is 24.4 Å². The standard InChI is InChI=1S/C27H22F2N4O3/c1-15-7-10-20(14-22(15)29)33-16(2)23(24(30-27(33)34)18-5-4-6-19(28)13-18)26-31-25(32-36-26)17-8-11-21(35-3)12-9-17/h4-14,24H,1-3H3,(H,30,34). The van der Waals surface area contributed by atoms with Crippen molar-refractivity contribution < 1.29 is 22.8 Å². The highest BCUT2D eigenvalue weighted by Crippen LogP contribution is 2.39. The number of hydrogen-bond donors (Lipinski definition) is 1. The van der Waals surface area contributed by atoms with Crippen LogP contribution in [-0.4, -0.2) is 23.3 Å². The second-order valence-electron chi connectivity index (χ2n) is 8.36. The second-order valence-corrected chi connectivity index (χ2v) is 8.36. The third-order valence-corrected chi connectivity index (χ3v) is 6.09. The maximum atomic E-state index is 14.4. The van der Waals surface area contributed by atoms with Crippen LogP contribution in [0.15, 0.2) is 77.0 Å². The lowest BCUT2D eigenvalue weighted by molar-refractivity contribution is 0.244. The molecular formula is C27H22F2N4O3. The molecule has 1 aliphatic heterocycles. The molecule has 2 amide bonds. The number of anilines is 1. The van der Waals surface area contributed by atoms with Gasteiger partial charge in [-0.1, -0.05) is 23.4 Å². The predicted octanol–water partition coefficient (Wildman–Crippen LogP) is 6.03. The molecule has 9 heteroatoms. The molecule has 0 radical (unpaired) electrons. The molecule has 36 heavy (non-hydrogen) atoms. The summed E-state index contributed by atoms with van der Waals surface area (Å²) < 4.78 is 39.3. The molecule has 5 rings (SSSR count). The molecule has 1 N–H and O–H groups in total. The van der Waals surface area contributed by atoms with Gasteiger partial charge in [0.15, 0.2) is 0 Å². The first-order valence-electron chi connectivity index (χ1n) is 11.2. The number of methoxy groups -OCH3 is 1. The molecule has 1 unspecified atom stereocenters. The van der Waals surface area contributed by atoms with Gasteiger partial charge in [-0.3, -0.25) is 4.90 Å². The molecule has 4 aromatic rings. The van der Waals surface area contributed by atoms with E-state index in [0.717, 1.165) is 0 Å². The molecule has 3 aromatic carbocycles. The second kappa shape index (κ2) is 9.26. The number of carbonyl (C=O) groups is 1. The first-order chi connectivity index (χ1) is 17.4. The van der Waals surface area contributed by atoms with Crippen LogP contribution in [0.4, 0.5) is 19.3 Å². The Labute approximate surface area is 206 Å². The van der Waals surface area contributed by atoms with Crippen molar-refractivity contribution in [3.63, 3.8) is 0 Å². The van der Waals surface area contributed by atoms with Crippen molar-refractivity contribution in [3.8, 4) is 17.1 Å². The van der Waals surface area contributed by atoms with Gasteiger partial charge in [0.2, 0.25) is 5.82 Å². The predicted molar refractivity (Wildman–Crippen MR) is 130 cm³/mol. The van der Waals surface area contributed by atoms with Crippen molar-refractivity contribution in [2.45, 2.75) is 19.9 Å². The molecule has 1 aromatic heterocycles. The zero-order chi connectivity index (χ0) is 25.4. The number of aryl methyl sites for hydroxylation is 1. The summed E-state index contributed by atoms with van der Waals surface area (Å²) in [5.41, 5.74) is 2.89. The minimum Gasteiger partial charge on any atom is -0.497 e. The van der Waals surface area contributed by atoms with Gasteiger partial charge in [-0.25, -0.2) is 13.6 Å². The Bertz CT molecular complexity index is 1480. The summed E-state index contributed by atoms with van der Waals surface area (Å²) in [5, 5.41) is 6.99. The van der Waals surface area contributed by atoms with Gasteiger partial charge in [-0.05, 0) is 73.5 Å². The van der Waals surface area contributed by atoms with Crippen molar-refractivity contribution in [3.05, 3.63) is 101 Å². The van der Waals surface area contributed by atoms with Crippen LogP contribution >= 0.6 is 0 Å². The van der Waals surface area contributed by atoms with Crippen LogP contribution in [0, 0.1) is 18.6 Å². The summed E-state index contributed by atoms with van der Waals surface area (Å²) in [4.78, 5) is 19.1. The van der Waals surface area contributed by atoms with Gasteiger partial charge in [0.25, 0.3) is 5.89 Å². The number of ether oxygens (including phenoxy) is 1. The zero-order valence-corrected chi connectivity index (χ0v) is 19.8. The highest BCUT2D eigenvalue weighted by molar-refractivity contribution is 6.01. The molecule has 0 spiro atoms. The Kier molecular flexibility index (Phi) is 5.97. The Morgan fingerprint density at radius 1 is 1.03 bits per heavy atom. The van der Waals surface area contributed by atoms with Crippen molar-refractivity contribution >= 4 is 17.3 Å². The van der Waals surface area contributed by atoms with Gasteiger partial charge in [0, 0.05) is 11.3 Å². The summed E-state index contributed by atoms with van der Waals surface area (Å²) in [6.45, 7) is 3.35. The highest BCUT2D eigenvalue weighted by Gasteiger charge is 2.36. The molecular weight excluding hydrogens is 466 g/mol. The smallest absolute Gasteiger partial charge is 0.327 e. The molecule has 1 atom stereocenters. The van der Waals surface area contributed by atoms with E-state index < -0.39 is 23.7 Å². The largest absolute Gasteiger partial charge is 0.497 e. The van der Waals surface area contributed by atoms with E-state index in [1.54, 1.807) is 69.5 Å². The van der Waals surface area contributed by atoms with E-state index in [9.17, 15) is 13.6 Å². The van der Waals surface area contributed by atoms with E-state index in [4.69, 9.17) is 9.26 Å². The van der Waals surface area contributed by atoms with Crippen molar-refractivity contribution in [2.75, 3.05) is 12.0 Å². The molecule has 0 bridgehead atoms. The molecule has 0 saturated carbocycles. The van der Waals surface area contributed by atoms with E-state index in [2.05, 4.69) is 15.5 Å². The SMILES string of the molecule is COc1ccc(-c2noc(C3=C(C)N(c4ccc(C)c(F)c4)C(=O)NC3c3cccc(F)c3)n2)cc1. The number of nitrogens with zero attached hydrogens (tertiary/aromatic N) is 3. The van der Waals surface area contributed by atoms with Crippen LogP contribution in [0.25, 0.3) is 17.0 Å². The quantitative estimate of drug-likeness (QED) is 0.371. The van der Waals surface area contributed by atoms with Crippen molar-refractivity contribution in [1.82, 2.24) is 15.5 Å². The van der Waals surface area contributed by atoms with Gasteiger partial charge in [0.1, 0.15) is 17.4 Å². The number of halogens is 2. The number of rotatable bonds is 5. The fraction of sp³-hybridized carbons (Fsp3) is 0.148. The lowest BCUT2D eigenvalue weighted by Crippen LogP contribution is -2.46. The first-order valence-corrected chi connectivity index (χ1v) is 11.2. The third-order valence-electron chi connectivity index (χ3n) is 6.09. The number of aromatic nitrogens is 2. The molecule has 0 fully saturated rings. The zero-order valence-electron chi connectivity index (χ0n) is 19.8. The minimum absolute atomic E-state index is 0.144. The molecule has 1 aliphatic rings. The fourth-order valence-corrected chi connectivity index (χ4v) is 4.18. The van der Waals surface area contributed by atoms with E-state index in [0.29, 0.717) is 45.2 Å². The summed E-state index contributed by atoms with van der Waals surface area (Å²) in [6, 6.07) is 16.3. The maximum absolute atomic E-state index is 14.4. The molecule has 2 heterocycles. The molecule has 0 aliphatic carbocycles. The number of allylic oxidation sites excluding steroid dienone is 1. The monoisotopic (exact) mass is 488 g/mol. The Hall–Kier alpha value is -4.53. The Morgan fingerprint density at radius 2 is 1.81 bits per heavy atom. The normalized spacial score (nSPS) is 15.8. The summed E-state index contributed by atoms with van der Waals surface area (Å²) in [6.07, 6.45) is 0. The number of amides is 2. The number of benzene rings is 3. The Morgan fingerprint density at radius 3 is 2.50 bits per heavy atom. The Balaban J connectivity index is 1.64. The van der Waals surface area contributed by atoms with E-state index >= 15 is 0 Å². The average Bonchev–Trinajstić information content (AvgIpc) is 3.35. The number of nitrogens with one attached hydrogen (secondary N) is 1. The van der Waals surface area contributed by atoms with Crippen molar-refractivity contribution in [1.29, 1.82) is 0 Å². The van der Waals surface area contributed by atoms with Gasteiger partial charge in [-0.15, -0.1) is 0 Å². The van der Waals surface area contributed by atoms with Crippen LogP contribution in [0.5, 0.6) is 5.75 Å². The third kappa shape index (κ3) is 4.19. The molecule has 7 nitrogen and oxygen atoms in total. The topological polar surface area (TPSA) is 80.5 Å². The maximum Gasteiger partial charge on any atom is 0.327 e. The molecule has 182 valence electrons. The first kappa shape index (κ1) is 23.2. The lowest BCUT2D eigenvalue weighted by atomic mass is 9.94. The van der Waals surface area contributed by atoms with Crippen LogP contribution in [0.1, 0.15) is 30.0 Å². The van der Waals surface area contributed by atoms with Gasteiger partial charge < -0.3 is 14.6 Å². The fourth-order valence-electron chi connectivity index (χ4n) is 4.18. The van der Waals surface area contributed by atoms with Crippen LogP contribution in [0.3, 0.4) is 0 Å². The van der Waals surface area contributed by atoms with Crippen molar-refractivity contribution in [2.24, 2.45) is 0 Å². The number of urea groups is 1. The summed E-state index contributed by atoms with van der Waals surface area (Å²) >= 11 is 0. The average molecular weight is 488 g/mol. The lowest BCUT2D eigenvalue weighted by Gasteiger charge is -2.35. The summed E-state index contributed by atoms with van der Waals surface area (Å²) in [7, 11) is 1.58. The van der Waals surface area contributed by atoms with Crippen LogP contribution in [-0.2, 0) is 0 Å². The van der Waals surface area contributed by atoms with E-state index in [-0.39, 0.29) is 5.89 Å². The minimum atomic E-state index is -0.774. The van der Waals surface area contributed by atoms with Crippen LogP contribution in [0.2, 0.25) is 0 Å².